The Hall–Kier alpha value is -0.910. The number of amides is 1. The minimum atomic E-state index is -0.386. The summed E-state index contributed by atoms with van der Waals surface area (Å²) in [5, 5.41) is 9.34. The smallest absolute Gasteiger partial charge is 0.251 e. The largest absolute Gasteiger partial charge is 0.392 e. The van der Waals surface area contributed by atoms with E-state index in [1.807, 2.05) is 4.90 Å². The average molecular weight is 270 g/mol. The van der Waals surface area contributed by atoms with Gasteiger partial charge in [0.25, 0.3) is 5.91 Å². The molecule has 0 aromatic rings. The normalized spacial score (nSPS) is 20.1. The summed E-state index contributed by atoms with van der Waals surface area (Å²) in [6, 6.07) is 0. The Morgan fingerprint density at radius 2 is 2.00 bits per heavy atom. The summed E-state index contributed by atoms with van der Waals surface area (Å²) in [4.78, 5) is 16.2. The number of nitrogens with zero attached hydrogens (tertiary/aromatic N) is 2. The number of ether oxygens (including phenoxy) is 1. The molecule has 19 heavy (non-hydrogen) atoms. The van der Waals surface area contributed by atoms with Crippen molar-refractivity contribution in [2.45, 2.75) is 32.5 Å². The molecule has 0 unspecified atom stereocenters. The van der Waals surface area contributed by atoms with E-state index in [1.165, 1.54) is 0 Å². The van der Waals surface area contributed by atoms with Crippen LogP contribution >= 0.6 is 0 Å². The van der Waals surface area contributed by atoms with E-state index in [0.29, 0.717) is 26.2 Å². The van der Waals surface area contributed by atoms with Crippen molar-refractivity contribution in [3.63, 3.8) is 0 Å². The molecule has 0 aliphatic carbocycles. The monoisotopic (exact) mass is 270 g/mol. The fourth-order valence-corrected chi connectivity index (χ4v) is 2.18. The van der Waals surface area contributed by atoms with Gasteiger partial charge in [0.2, 0.25) is 0 Å². The molecule has 1 heterocycles. The van der Waals surface area contributed by atoms with Crippen LogP contribution in [0.25, 0.3) is 0 Å². The molecule has 0 saturated carbocycles. The van der Waals surface area contributed by atoms with Crippen molar-refractivity contribution in [2.75, 3.05) is 39.3 Å². The highest BCUT2D eigenvalue weighted by Gasteiger charge is 2.25. The molecule has 5 heteroatoms. The van der Waals surface area contributed by atoms with Crippen molar-refractivity contribution in [1.82, 2.24) is 9.80 Å². The molecule has 1 N–H and O–H groups in total. The zero-order chi connectivity index (χ0) is 14.3. The summed E-state index contributed by atoms with van der Waals surface area (Å²) in [6.07, 6.45) is 1.85. The summed E-state index contributed by atoms with van der Waals surface area (Å²) >= 11 is 0. The van der Waals surface area contributed by atoms with Crippen LogP contribution in [0.15, 0.2) is 12.7 Å². The molecule has 1 saturated heterocycles. The van der Waals surface area contributed by atoms with Gasteiger partial charge in [-0.2, -0.15) is 0 Å². The number of carbonyl (C=O) groups excluding carboxylic acids is 1. The highest BCUT2D eigenvalue weighted by molar-refractivity contribution is 5.80. The molecule has 1 amide bonds. The number of β-amino-alcohol motifs (C(OH)–C–C–N with tert-alkyl or cyclic N) is 1. The van der Waals surface area contributed by atoms with Crippen LogP contribution in [0.4, 0.5) is 0 Å². The van der Waals surface area contributed by atoms with Gasteiger partial charge < -0.3 is 14.7 Å². The fraction of sp³-hybridized carbons (Fsp3) is 0.786. The molecule has 2 atom stereocenters. The second-order valence-corrected chi connectivity index (χ2v) is 5.07. The Morgan fingerprint density at radius 1 is 1.37 bits per heavy atom. The van der Waals surface area contributed by atoms with E-state index in [-0.39, 0.29) is 18.1 Å². The molecular formula is C14H26N2O3. The summed E-state index contributed by atoms with van der Waals surface area (Å²) in [6.45, 7) is 11.5. The standard InChI is InChI=1S/C14H26N2O3/c1-4-5-10-19-13(3)14(18)16-8-6-15(7-9-16)11-12(2)17/h4,12-13,17H,1,5-11H2,2-3H3/t12-,13-/m1/s1. The molecule has 0 radical (unpaired) electrons. The Morgan fingerprint density at radius 3 is 2.53 bits per heavy atom. The van der Waals surface area contributed by atoms with Crippen LogP contribution < -0.4 is 0 Å². The maximum Gasteiger partial charge on any atom is 0.251 e. The number of aliphatic hydroxyl groups excluding tert-OH is 1. The van der Waals surface area contributed by atoms with Gasteiger partial charge in [-0.3, -0.25) is 9.69 Å². The summed E-state index contributed by atoms with van der Waals surface area (Å²) in [5.41, 5.74) is 0. The molecule has 110 valence electrons. The second kappa shape index (κ2) is 8.30. The third-order valence-corrected chi connectivity index (χ3v) is 3.24. The molecular weight excluding hydrogens is 244 g/mol. The van der Waals surface area contributed by atoms with Gasteiger partial charge in [0.15, 0.2) is 0 Å². The highest BCUT2D eigenvalue weighted by atomic mass is 16.5. The van der Waals surface area contributed by atoms with E-state index in [9.17, 15) is 9.90 Å². The van der Waals surface area contributed by atoms with Gasteiger partial charge in [0.1, 0.15) is 6.10 Å². The molecule has 0 aromatic carbocycles. The summed E-state index contributed by atoms with van der Waals surface area (Å²) in [7, 11) is 0. The molecule has 0 bridgehead atoms. The van der Waals surface area contributed by atoms with Crippen molar-refractivity contribution < 1.29 is 14.6 Å². The zero-order valence-electron chi connectivity index (χ0n) is 12.0. The van der Waals surface area contributed by atoms with E-state index < -0.39 is 0 Å². The maximum absolute atomic E-state index is 12.1. The molecule has 0 aromatic heterocycles. The number of aliphatic hydroxyl groups is 1. The van der Waals surface area contributed by atoms with Crippen LogP contribution in [0.2, 0.25) is 0 Å². The quantitative estimate of drug-likeness (QED) is 0.540. The van der Waals surface area contributed by atoms with Gasteiger partial charge in [0.05, 0.1) is 12.7 Å². The van der Waals surface area contributed by atoms with E-state index in [1.54, 1.807) is 19.9 Å². The van der Waals surface area contributed by atoms with Gasteiger partial charge in [-0.25, -0.2) is 0 Å². The van der Waals surface area contributed by atoms with Gasteiger partial charge in [-0.15, -0.1) is 6.58 Å². The predicted octanol–water partition coefficient (Wildman–Crippen LogP) is 0.493. The molecule has 1 fully saturated rings. The minimum Gasteiger partial charge on any atom is -0.392 e. The summed E-state index contributed by atoms with van der Waals surface area (Å²) < 4.78 is 5.47. The van der Waals surface area contributed by atoms with Crippen LogP contribution in [0.5, 0.6) is 0 Å². The third-order valence-electron chi connectivity index (χ3n) is 3.24. The van der Waals surface area contributed by atoms with E-state index >= 15 is 0 Å². The summed E-state index contributed by atoms with van der Waals surface area (Å²) in [5.74, 6) is 0.0563. The van der Waals surface area contributed by atoms with Crippen LogP contribution in [0, 0.1) is 0 Å². The Bertz CT molecular complexity index is 286. The molecule has 1 aliphatic heterocycles. The first-order chi connectivity index (χ1) is 9.04. The van der Waals surface area contributed by atoms with Crippen LogP contribution in [-0.2, 0) is 9.53 Å². The van der Waals surface area contributed by atoms with Gasteiger partial charge in [0, 0.05) is 32.7 Å². The lowest BCUT2D eigenvalue weighted by Gasteiger charge is -2.36. The Kier molecular flexibility index (Phi) is 7.05. The predicted molar refractivity (Wildman–Crippen MR) is 74.9 cm³/mol. The number of carbonyl (C=O) groups is 1. The molecule has 0 spiro atoms. The minimum absolute atomic E-state index is 0.0563. The van der Waals surface area contributed by atoms with E-state index in [2.05, 4.69) is 11.5 Å². The maximum atomic E-state index is 12.1. The topological polar surface area (TPSA) is 53.0 Å². The Labute approximate surface area is 115 Å². The van der Waals surface area contributed by atoms with Crippen molar-refractivity contribution in [3.05, 3.63) is 12.7 Å². The third kappa shape index (κ3) is 5.72. The first-order valence-corrected chi connectivity index (χ1v) is 6.96. The van der Waals surface area contributed by atoms with E-state index in [4.69, 9.17) is 4.74 Å². The van der Waals surface area contributed by atoms with Gasteiger partial charge >= 0.3 is 0 Å². The first-order valence-electron chi connectivity index (χ1n) is 6.96. The van der Waals surface area contributed by atoms with Crippen molar-refractivity contribution in [1.29, 1.82) is 0 Å². The van der Waals surface area contributed by atoms with Gasteiger partial charge in [-0.05, 0) is 20.3 Å². The highest BCUT2D eigenvalue weighted by Crippen LogP contribution is 2.07. The average Bonchev–Trinajstić information content (AvgIpc) is 2.38. The molecule has 1 rings (SSSR count). The zero-order valence-corrected chi connectivity index (χ0v) is 12.0. The second-order valence-electron chi connectivity index (χ2n) is 5.07. The van der Waals surface area contributed by atoms with Crippen molar-refractivity contribution >= 4 is 5.91 Å². The number of hydrogen-bond acceptors (Lipinski definition) is 4. The van der Waals surface area contributed by atoms with E-state index in [0.717, 1.165) is 19.5 Å². The molecule has 1 aliphatic rings. The fourth-order valence-electron chi connectivity index (χ4n) is 2.18. The number of hydrogen-bond donors (Lipinski definition) is 1. The lowest BCUT2D eigenvalue weighted by molar-refractivity contribution is -0.144. The SMILES string of the molecule is C=CCCO[C@H](C)C(=O)N1CCN(C[C@@H](C)O)CC1. The lowest BCUT2D eigenvalue weighted by Crippen LogP contribution is -2.52. The first kappa shape index (κ1) is 16.1. The van der Waals surface area contributed by atoms with Crippen LogP contribution in [0.3, 0.4) is 0 Å². The number of rotatable bonds is 7. The Balaban J connectivity index is 2.29. The van der Waals surface area contributed by atoms with Crippen molar-refractivity contribution in [3.8, 4) is 0 Å². The van der Waals surface area contributed by atoms with Gasteiger partial charge in [-0.1, -0.05) is 6.08 Å². The lowest BCUT2D eigenvalue weighted by atomic mass is 10.2. The van der Waals surface area contributed by atoms with Crippen LogP contribution in [0.1, 0.15) is 20.3 Å². The van der Waals surface area contributed by atoms with Crippen molar-refractivity contribution in [2.24, 2.45) is 0 Å². The number of piperazine rings is 1. The van der Waals surface area contributed by atoms with Crippen LogP contribution in [-0.4, -0.2) is 72.4 Å². The molecule has 5 nitrogen and oxygen atoms in total.